The number of hydrogen-bond acceptors (Lipinski definition) is 3. The number of aromatic nitrogens is 3. The van der Waals surface area contributed by atoms with Crippen molar-refractivity contribution in [2.45, 2.75) is 11.6 Å². The number of nitrogens with zero attached hydrogens (tertiary/aromatic N) is 3. The summed E-state index contributed by atoms with van der Waals surface area (Å²) in [5.74, 6) is 2.06. The van der Waals surface area contributed by atoms with E-state index in [1.54, 1.807) is 23.9 Å². The van der Waals surface area contributed by atoms with Crippen LogP contribution in [0.5, 0.6) is 0 Å². The summed E-state index contributed by atoms with van der Waals surface area (Å²) in [6.07, 6.45) is 0.924. The van der Waals surface area contributed by atoms with Gasteiger partial charge in [0, 0.05) is 29.6 Å². The standard InChI is InChI=1S/C16H15ClFN3S/c1-21-15(19-20-16(21)22-10-4-9-17)13-7-8-14(18)12-6-3-2-5-11(12)13/h2-3,5-8H,4,9-10H2,1H3. The molecule has 22 heavy (non-hydrogen) atoms. The van der Waals surface area contributed by atoms with E-state index in [0.29, 0.717) is 11.3 Å². The lowest BCUT2D eigenvalue weighted by atomic mass is 10.0. The molecule has 3 aromatic rings. The van der Waals surface area contributed by atoms with Gasteiger partial charge in [-0.25, -0.2) is 4.39 Å². The summed E-state index contributed by atoms with van der Waals surface area (Å²) in [7, 11) is 1.93. The highest BCUT2D eigenvalue weighted by Crippen LogP contribution is 2.30. The van der Waals surface area contributed by atoms with Crippen LogP contribution in [-0.2, 0) is 7.05 Å². The number of benzene rings is 2. The molecule has 6 heteroatoms. The highest BCUT2D eigenvalue weighted by atomic mass is 35.5. The zero-order chi connectivity index (χ0) is 15.5. The van der Waals surface area contributed by atoms with Gasteiger partial charge in [-0.05, 0) is 23.9 Å². The Balaban J connectivity index is 2.03. The van der Waals surface area contributed by atoms with Crippen LogP contribution >= 0.6 is 23.4 Å². The predicted molar refractivity (Wildman–Crippen MR) is 90.0 cm³/mol. The second-order valence-corrected chi connectivity index (χ2v) is 6.34. The van der Waals surface area contributed by atoms with E-state index in [1.165, 1.54) is 6.07 Å². The van der Waals surface area contributed by atoms with Crippen molar-refractivity contribution in [3.05, 3.63) is 42.2 Å². The van der Waals surface area contributed by atoms with Gasteiger partial charge in [-0.1, -0.05) is 36.0 Å². The number of alkyl halides is 1. The molecule has 1 heterocycles. The highest BCUT2D eigenvalue weighted by Gasteiger charge is 2.14. The van der Waals surface area contributed by atoms with Gasteiger partial charge in [0.2, 0.25) is 0 Å². The van der Waals surface area contributed by atoms with Crippen LogP contribution in [0.1, 0.15) is 6.42 Å². The molecule has 0 radical (unpaired) electrons. The number of halogens is 2. The summed E-state index contributed by atoms with van der Waals surface area (Å²) >= 11 is 7.32. The van der Waals surface area contributed by atoms with Crippen LogP contribution in [0.3, 0.4) is 0 Å². The average molecular weight is 336 g/mol. The van der Waals surface area contributed by atoms with E-state index in [0.717, 1.165) is 34.1 Å². The van der Waals surface area contributed by atoms with Crippen LogP contribution in [0.25, 0.3) is 22.2 Å². The first-order valence-corrected chi connectivity index (χ1v) is 8.50. The van der Waals surface area contributed by atoms with Gasteiger partial charge in [0.15, 0.2) is 11.0 Å². The normalized spacial score (nSPS) is 11.2. The maximum Gasteiger partial charge on any atom is 0.191 e. The molecule has 0 unspecified atom stereocenters. The largest absolute Gasteiger partial charge is 0.305 e. The first-order valence-electron chi connectivity index (χ1n) is 6.98. The van der Waals surface area contributed by atoms with Crippen LogP contribution in [0.2, 0.25) is 0 Å². The van der Waals surface area contributed by atoms with Crippen molar-refractivity contribution in [1.82, 2.24) is 14.8 Å². The Morgan fingerprint density at radius 1 is 1.14 bits per heavy atom. The Kier molecular flexibility index (Phi) is 4.64. The van der Waals surface area contributed by atoms with Gasteiger partial charge in [0.25, 0.3) is 0 Å². The minimum Gasteiger partial charge on any atom is -0.305 e. The lowest BCUT2D eigenvalue weighted by Crippen LogP contribution is -1.96. The second kappa shape index (κ2) is 6.67. The van der Waals surface area contributed by atoms with Gasteiger partial charge in [0.1, 0.15) is 5.82 Å². The third kappa shape index (κ3) is 2.83. The van der Waals surface area contributed by atoms with Crippen molar-refractivity contribution in [3.63, 3.8) is 0 Å². The molecule has 1 aromatic heterocycles. The van der Waals surface area contributed by atoms with Crippen LogP contribution < -0.4 is 0 Å². The summed E-state index contributed by atoms with van der Waals surface area (Å²) in [6.45, 7) is 0. The average Bonchev–Trinajstić information content (AvgIpc) is 2.90. The van der Waals surface area contributed by atoms with E-state index >= 15 is 0 Å². The van der Waals surface area contributed by atoms with E-state index in [1.807, 2.05) is 29.8 Å². The molecule has 0 amide bonds. The fraction of sp³-hybridized carbons (Fsp3) is 0.250. The Hall–Kier alpha value is -1.59. The van der Waals surface area contributed by atoms with E-state index in [2.05, 4.69) is 10.2 Å². The van der Waals surface area contributed by atoms with E-state index in [4.69, 9.17) is 11.6 Å². The maximum absolute atomic E-state index is 13.9. The maximum atomic E-state index is 13.9. The van der Waals surface area contributed by atoms with Crippen molar-refractivity contribution >= 4 is 34.1 Å². The zero-order valence-corrected chi connectivity index (χ0v) is 13.7. The molecule has 0 saturated carbocycles. The predicted octanol–water partition coefficient (Wildman–Crippen LogP) is 4.50. The molecule has 0 aliphatic heterocycles. The SMILES string of the molecule is Cn1c(SCCCCl)nnc1-c1ccc(F)c2ccccc12. The molecule has 0 atom stereocenters. The highest BCUT2D eigenvalue weighted by molar-refractivity contribution is 7.99. The van der Waals surface area contributed by atoms with Crippen LogP contribution in [0, 0.1) is 5.82 Å². The second-order valence-electron chi connectivity index (χ2n) is 4.90. The summed E-state index contributed by atoms with van der Waals surface area (Å²) in [4.78, 5) is 0. The Morgan fingerprint density at radius 2 is 1.91 bits per heavy atom. The summed E-state index contributed by atoms with van der Waals surface area (Å²) in [5.41, 5.74) is 0.885. The van der Waals surface area contributed by atoms with E-state index in [-0.39, 0.29) is 5.82 Å². The van der Waals surface area contributed by atoms with Gasteiger partial charge >= 0.3 is 0 Å². The topological polar surface area (TPSA) is 30.7 Å². The minimum absolute atomic E-state index is 0.224. The first kappa shape index (κ1) is 15.3. The Morgan fingerprint density at radius 3 is 2.68 bits per heavy atom. The quantitative estimate of drug-likeness (QED) is 0.391. The third-order valence-electron chi connectivity index (χ3n) is 3.46. The summed E-state index contributed by atoms with van der Waals surface area (Å²) in [6, 6.07) is 10.7. The number of rotatable bonds is 5. The summed E-state index contributed by atoms with van der Waals surface area (Å²) in [5, 5.41) is 10.8. The van der Waals surface area contributed by atoms with Crippen molar-refractivity contribution in [1.29, 1.82) is 0 Å². The fourth-order valence-electron chi connectivity index (χ4n) is 2.35. The first-order chi connectivity index (χ1) is 10.7. The lowest BCUT2D eigenvalue weighted by molar-refractivity contribution is 0.640. The van der Waals surface area contributed by atoms with Crippen molar-refractivity contribution in [3.8, 4) is 11.4 Å². The Labute approximate surface area is 137 Å². The molecule has 0 aliphatic rings. The molecule has 2 aromatic carbocycles. The zero-order valence-electron chi connectivity index (χ0n) is 12.1. The third-order valence-corrected chi connectivity index (χ3v) is 4.83. The molecule has 3 rings (SSSR count). The van der Waals surface area contributed by atoms with E-state index in [9.17, 15) is 4.39 Å². The van der Waals surface area contributed by atoms with Gasteiger partial charge in [-0.3, -0.25) is 0 Å². The molecule has 0 aliphatic carbocycles. The molecular formula is C16H15ClFN3S. The van der Waals surface area contributed by atoms with Crippen molar-refractivity contribution in [2.24, 2.45) is 7.05 Å². The van der Waals surface area contributed by atoms with Crippen molar-refractivity contribution < 1.29 is 4.39 Å². The van der Waals surface area contributed by atoms with Gasteiger partial charge in [0.05, 0.1) is 0 Å². The summed E-state index contributed by atoms with van der Waals surface area (Å²) < 4.78 is 15.9. The number of hydrogen-bond donors (Lipinski definition) is 0. The van der Waals surface area contributed by atoms with Crippen LogP contribution in [-0.4, -0.2) is 26.4 Å². The van der Waals surface area contributed by atoms with Crippen LogP contribution in [0.15, 0.2) is 41.6 Å². The molecule has 0 N–H and O–H groups in total. The van der Waals surface area contributed by atoms with Gasteiger partial charge < -0.3 is 4.57 Å². The molecule has 3 nitrogen and oxygen atoms in total. The molecule has 114 valence electrons. The van der Waals surface area contributed by atoms with Gasteiger partial charge in [-0.15, -0.1) is 21.8 Å². The molecule has 0 bridgehead atoms. The monoisotopic (exact) mass is 335 g/mol. The fourth-order valence-corrected chi connectivity index (χ4v) is 3.49. The van der Waals surface area contributed by atoms with Crippen molar-refractivity contribution in [2.75, 3.05) is 11.6 Å². The van der Waals surface area contributed by atoms with E-state index < -0.39 is 0 Å². The lowest BCUT2D eigenvalue weighted by Gasteiger charge is -2.07. The Bertz CT molecular complexity index is 803. The molecule has 0 spiro atoms. The minimum atomic E-state index is -0.224. The number of fused-ring (bicyclic) bond motifs is 1. The molecule has 0 saturated heterocycles. The van der Waals surface area contributed by atoms with Gasteiger partial charge in [-0.2, -0.15) is 0 Å². The number of thioether (sulfide) groups is 1. The smallest absolute Gasteiger partial charge is 0.191 e. The molecule has 0 fully saturated rings. The van der Waals surface area contributed by atoms with Crippen LogP contribution in [0.4, 0.5) is 4.39 Å². The molecular weight excluding hydrogens is 321 g/mol.